The average molecular weight is 216 g/mol. The number of carbonyl (C=O) groups excluding carboxylic acids is 1. The number of carbonyl (C=O) groups is 1. The fourth-order valence-corrected chi connectivity index (χ4v) is 1.58. The lowest BCUT2D eigenvalue weighted by Gasteiger charge is -2.07. The van der Waals surface area contributed by atoms with Crippen LogP contribution in [0.2, 0.25) is 0 Å². The maximum atomic E-state index is 11.1. The quantitative estimate of drug-likeness (QED) is 0.797. The van der Waals surface area contributed by atoms with Crippen molar-refractivity contribution in [1.82, 2.24) is 4.98 Å². The average Bonchev–Trinajstić information content (AvgIpc) is 2.30. The number of methoxy groups -OCH3 is 1. The standard InChI is InChI=1S/C12H12N2O2/c1-8-6-7-13-11-9(8)4-3-5-10(11)14-12(15)16-2/h3-7H,1-2H3,(H,14,15). The van der Waals surface area contributed by atoms with Gasteiger partial charge in [0.25, 0.3) is 0 Å². The van der Waals surface area contributed by atoms with Crippen LogP contribution in [-0.4, -0.2) is 18.2 Å². The molecule has 16 heavy (non-hydrogen) atoms. The van der Waals surface area contributed by atoms with Crippen molar-refractivity contribution < 1.29 is 9.53 Å². The number of ether oxygens (including phenoxy) is 1. The molecule has 0 saturated carbocycles. The monoisotopic (exact) mass is 216 g/mol. The van der Waals surface area contributed by atoms with Gasteiger partial charge in [-0.1, -0.05) is 12.1 Å². The van der Waals surface area contributed by atoms with Crippen LogP contribution in [0.15, 0.2) is 30.5 Å². The summed E-state index contributed by atoms with van der Waals surface area (Å²) in [6.45, 7) is 2.01. The number of para-hydroxylation sites is 1. The Bertz CT molecular complexity index is 538. The topological polar surface area (TPSA) is 51.2 Å². The first-order valence-electron chi connectivity index (χ1n) is 4.91. The van der Waals surface area contributed by atoms with Gasteiger partial charge in [-0.15, -0.1) is 0 Å². The van der Waals surface area contributed by atoms with Crippen LogP contribution < -0.4 is 5.32 Å². The number of hydrogen-bond donors (Lipinski definition) is 1. The Hall–Kier alpha value is -2.10. The number of benzene rings is 1. The van der Waals surface area contributed by atoms with Crippen LogP contribution in [0.4, 0.5) is 10.5 Å². The first-order valence-corrected chi connectivity index (χ1v) is 4.91. The van der Waals surface area contributed by atoms with E-state index < -0.39 is 6.09 Å². The molecule has 2 aromatic rings. The minimum Gasteiger partial charge on any atom is -0.453 e. The van der Waals surface area contributed by atoms with Crippen molar-refractivity contribution in [1.29, 1.82) is 0 Å². The van der Waals surface area contributed by atoms with Crippen molar-refractivity contribution in [3.63, 3.8) is 0 Å². The van der Waals surface area contributed by atoms with E-state index >= 15 is 0 Å². The number of amides is 1. The molecule has 0 radical (unpaired) electrons. The molecule has 4 heteroatoms. The van der Waals surface area contributed by atoms with E-state index in [-0.39, 0.29) is 0 Å². The van der Waals surface area contributed by atoms with Crippen LogP contribution in [0.25, 0.3) is 10.9 Å². The summed E-state index contributed by atoms with van der Waals surface area (Å²) in [6, 6.07) is 7.58. The SMILES string of the molecule is COC(=O)Nc1cccc2c(C)ccnc12. The zero-order chi connectivity index (χ0) is 11.5. The van der Waals surface area contributed by atoms with Gasteiger partial charge >= 0.3 is 6.09 Å². The molecule has 0 aliphatic rings. The number of aryl methyl sites for hydroxylation is 1. The molecule has 0 fully saturated rings. The highest BCUT2D eigenvalue weighted by Gasteiger charge is 2.06. The lowest BCUT2D eigenvalue weighted by molar-refractivity contribution is 0.187. The van der Waals surface area contributed by atoms with Crippen molar-refractivity contribution in [3.05, 3.63) is 36.0 Å². The van der Waals surface area contributed by atoms with Crippen LogP contribution >= 0.6 is 0 Å². The van der Waals surface area contributed by atoms with Crippen LogP contribution in [-0.2, 0) is 4.74 Å². The highest BCUT2D eigenvalue weighted by Crippen LogP contribution is 2.23. The summed E-state index contributed by atoms with van der Waals surface area (Å²) in [5, 5.41) is 3.66. The van der Waals surface area contributed by atoms with Gasteiger partial charge in [0.2, 0.25) is 0 Å². The van der Waals surface area contributed by atoms with E-state index in [1.54, 1.807) is 12.3 Å². The van der Waals surface area contributed by atoms with E-state index in [2.05, 4.69) is 15.0 Å². The summed E-state index contributed by atoms with van der Waals surface area (Å²) in [4.78, 5) is 15.4. The minimum absolute atomic E-state index is 0.490. The summed E-state index contributed by atoms with van der Waals surface area (Å²) in [7, 11) is 1.33. The Morgan fingerprint density at radius 3 is 2.94 bits per heavy atom. The molecule has 1 amide bonds. The Labute approximate surface area is 93.3 Å². The zero-order valence-corrected chi connectivity index (χ0v) is 9.15. The fourth-order valence-electron chi connectivity index (χ4n) is 1.58. The number of nitrogens with zero attached hydrogens (tertiary/aromatic N) is 1. The van der Waals surface area contributed by atoms with Crippen LogP contribution in [0.3, 0.4) is 0 Å². The second-order valence-electron chi connectivity index (χ2n) is 3.45. The van der Waals surface area contributed by atoms with Gasteiger partial charge in [0.05, 0.1) is 18.3 Å². The molecule has 2 rings (SSSR count). The van der Waals surface area contributed by atoms with Crippen LogP contribution in [0, 0.1) is 6.92 Å². The van der Waals surface area contributed by atoms with Gasteiger partial charge < -0.3 is 4.74 Å². The molecule has 0 aliphatic heterocycles. The van der Waals surface area contributed by atoms with Crippen molar-refractivity contribution in [2.75, 3.05) is 12.4 Å². The Morgan fingerprint density at radius 1 is 1.38 bits per heavy atom. The predicted octanol–water partition coefficient (Wildman–Crippen LogP) is 2.72. The lowest BCUT2D eigenvalue weighted by atomic mass is 10.1. The number of hydrogen-bond acceptors (Lipinski definition) is 3. The minimum atomic E-state index is -0.490. The number of anilines is 1. The number of aromatic nitrogens is 1. The highest BCUT2D eigenvalue weighted by molar-refractivity contribution is 5.98. The third-order valence-electron chi connectivity index (χ3n) is 2.41. The van der Waals surface area contributed by atoms with Gasteiger partial charge in [-0.25, -0.2) is 4.79 Å². The maximum Gasteiger partial charge on any atom is 0.411 e. The van der Waals surface area contributed by atoms with Gasteiger partial charge in [-0.05, 0) is 24.6 Å². The smallest absolute Gasteiger partial charge is 0.411 e. The molecule has 4 nitrogen and oxygen atoms in total. The Balaban J connectivity index is 2.54. The van der Waals surface area contributed by atoms with Gasteiger partial charge in [-0.2, -0.15) is 0 Å². The summed E-state index contributed by atoms with van der Waals surface area (Å²) >= 11 is 0. The normalized spacial score (nSPS) is 10.1. The zero-order valence-electron chi connectivity index (χ0n) is 9.15. The lowest BCUT2D eigenvalue weighted by Crippen LogP contribution is -2.11. The van der Waals surface area contributed by atoms with Gasteiger partial charge in [-0.3, -0.25) is 10.3 Å². The van der Waals surface area contributed by atoms with Gasteiger partial charge in [0.1, 0.15) is 0 Å². The molecule has 0 bridgehead atoms. The molecule has 1 aromatic carbocycles. The first kappa shape index (κ1) is 10.4. The molecule has 0 saturated heterocycles. The Morgan fingerprint density at radius 2 is 2.19 bits per heavy atom. The van der Waals surface area contributed by atoms with Crippen molar-refractivity contribution >= 4 is 22.7 Å². The fraction of sp³-hybridized carbons (Fsp3) is 0.167. The molecule has 1 heterocycles. The molecule has 82 valence electrons. The molecule has 1 N–H and O–H groups in total. The second-order valence-corrected chi connectivity index (χ2v) is 3.45. The number of rotatable bonds is 1. The predicted molar refractivity (Wildman–Crippen MR) is 62.5 cm³/mol. The van der Waals surface area contributed by atoms with E-state index in [0.29, 0.717) is 5.69 Å². The van der Waals surface area contributed by atoms with E-state index in [0.717, 1.165) is 16.5 Å². The van der Waals surface area contributed by atoms with E-state index in [1.165, 1.54) is 7.11 Å². The number of fused-ring (bicyclic) bond motifs is 1. The third kappa shape index (κ3) is 1.82. The van der Waals surface area contributed by atoms with Crippen LogP contribution in [0.1, 0.15) is 5.56 Å². The van der Waals surface area contributed by atoms with Gasteiger partial charge in [0.15, 0.2) is 0 Å². The molecule has 0 spiro atoms. The van der Waals surface area contributed by atoms with Gasteiger partial charge in [0, 0.05) is 11.6 Å². The summed E-state index contributed by atoms with van der Waals surface area (Å²) in [5.41, 5.74) is 2.56. The van der Waals surface area contributed by atoms with E-state index in [4.69, 9.17) is 0 Å². The van der Waals surface area contributed by atoms with E-state index in [1.807, 2.05) is 25.1 Å². The molecular formula is C12H12N2O2. The number of pyridine rings is 1. The van der Waals surface area contributed by atoms with Crippen molar-refractivity contribution in [2.24, 2.45) is 0 Å². The summed E-state index contributed by atoms with van der Waals surface area (Å²) in [6.07, 6.45) is 1.23. The first-order chi connectivity index (χ1) is 7.72. The molecule has 0 unspecified atom stereocenters. The number of nitrogens with one attached hydrogen (secondary N) is 1. The largest absolute Gasteiger partial charge is 0.453 e. The molecule has 0 aliphatic carbocycles. The molecular weight excluding hydrogens is 204 g/mol. The Kier molecular flexibility index (Phi) is 2.72. The summed E-state index contributed by atoms with van der Waals surface area (Å²) < 4.78 is 4.56. The van der Waals surface area contributed by atoms with E-state index in [9.17, 15) is 4.79 Å². The molecule has 0 atom stereocenters. The second kappa shape index (κ2) is 4.18. The highest BCUT2D eigenvalue weighted by atomic mass is 16.5. The van der Waals surface area contributed by atoms with Crippen LogP contribution in [0.5, 0.6) is 0 Å². The maximum absolute atomic E-state index is 11.1. The third-order valence-corrected chi connectivity index (χ3v) is 2.41. The van der Waals surface area contributed by atoms with Crippen molar-refractivity contribution in [2.45, 2.75) is 6.92 Å². The summed E-state index contributed by atoms with van der Waals surface area (Å²) in [5.74, 6) is 0. The van der Waals surface area contributed by atoms with Crippen molar-refractivity contribution in [3.8, 4) is 0 Å². The molecule has 1 aromatic heterocycles.